The summed E-state index contributed by atoms with van der Waals surface area (Å²) in [5.74, 6) is -1.03. The van der Waals surface area contributed by atoms with E-state index in [1.54, 1.807) is 0 Å². The minimum Gasteiger partial charge on any atom is -0.394 e. The standard InChI is InChI=1S/C14H28N2O11/c15-1-2-16-13(25)10(23)9(22)12(5(19)3-17)27-14-11(24)8(21)7(20)6(4-18)26-14/h5-12,14,17-24H,1-4,15H2,(H,16,25)/t5?,6?,7-,8?,9?,10+,11?,12?,14-/m0/s1. The van der Waals surface area contributed by atoms with Crippen molar-refractivity contribution in [2.24, 2.45) is 5.73 Å². The Balaban J connectivity index is 2.92. The second-order valence-corrected chi connectivity index (χ2v) is 6.06. The van der Waals surface area contributed by atoms with E-state index in [2.05, 4.69) is 5.32 Å². The van der Waals surface area contributed by atoms with Gasteiger partial charge in [-0.1, -0.05) is 0 Å². The van der Waals surface area contributed by atoms with E-state index in [9.17, 15) is 35.4 Å². The van der Waals surface area contributed by atoms with E-state index in [4.69, 9.17) is 25.4 Å². The van der Waals surface area contributed by atoms with Crippen molar-refractivity contribution in [1.29, 1.82) is 0 Å². The molecule has 160 valence electrons. The molecule has 1 aliphatic rings. The topological polar surface area (TPSA) is 235 Å². The largest absolute Gasteiger partial charge is 0.394 e. The fourth-order valence-electron chi connectivity index (χ4n) is 2.47. The lowest BCUT2D eigenvalue weighted by Gasteiger charge is -2.42. The first-order valence-electron chi connectivity index (χ1n) is 8.28. The Morgan fingerprint density at radius 1 is 1.11 bits per heavy atom. The van der Waals surface area contributed by atoms with Crippen LogP contribution >= 0.6 is 0 Å². The molecule has 0 aromatic rings. The van der Waals surface area contributed by atoms with Crippen LogP contribution in [-0.4, -0.2) is 128 Å². The first-order valence-corrected chi connectivity index (χ1v) is 8.28. The van der Waals surface area contributed by atoms with Crippen LogP contribution in [0.3, 0.4) is 0 Å². The molecule has 13 nitrogen and oxygen atoms in total. The highest BCUT2D eigenvalue weighted by molar-refractivity contribution is 5.81. The fourth-order valence-corrected chi connectivity index (χ4v) is 2.47. The number of ether oxygens (including phenoxy) is 2. The highest BCUT2D eigenvalue weighted by Crippen LogP contribution is 2.25. The molecule has 0 spiro atoms. The maximum Gasteiger partial charge on any atom is 0.251 e. The second-order valence-electron chi connectivity index (χ2n) is 6.06. The minimum absolute atomic E-state index is 0.00337. The molecule has 1 aliphatic heterocycles. The number of hydrogen-bond donors (Lipinski definition) is 10. The third kappa shape index (κ3) is 6.00. The van der Waals surface area contributed by atoms with Gasteiger partial charge in [0, 0.05) is 13.1 Å². The normalized spacial score (nSPS) is 33.1. The molecule has 27 heavy (non-hydrogen) atoms. The lowest BCUT2D eigenvalue weighted by atomic mass is 9.98. The molecule has 0 radical (unpaired) electrons. The van der Waals surface area contributed by atoms with Gasteiger partial charge in [-0.25, -0.2) is 0 Å². The van der Waals surface area contributed by atoms with Crippen LogP contribution in [0.15, 0.2) is 0 Å². The number of aliphatic hydroxyl groups is 8. The summed E-state index contributed by atoms with van der Waals surface area (Å²) in [6, 6.07) is 0. The molecule has 0 saturated carbocycles. The van der Waals surface area contributed by atoms with Crippen LogP contribution in [0.1, 0.15) is 0 Å². The maximum atomic E-state index is 11.7. The Labute approximate surface area is 154 Å². The first kappa shape index (κ1) is 24.1. The van der Waals surface area contributed by atoms with E-state index in [1.165, 1.54) is 0 Å². The number of carbonyl (C=O) groups excluding carboxylic acids is 1. The van der Waals surface area contributed by atoms with Crippen LogP contribution in [0.5, 0.6) is 0 Å². The third-order valence-corrected chi connectivity index (χ3v) is 4.08. The lowest BCUT2D eigenvalue weighted by molar-refractivity contribution is -0.326. The van der Waals surface area contributed by atoms with E-state index in [0.717, 1.165) is 0 Å². The van der Waals surface area contributed by atoms with Gasteiger partial charge in [0.2, 0.25) is 0 Å². The van der Waals surface area contributed by atoms with Gasteiger partial charge in [0.25, 0.3) is 5.91 Å². The molecule has 1 saturated heterocycles. The predicted molar refractivity (Wildman–Crippen MR) is 85.8 cm³/mol. The summed E-state index contributed by atoms with van der Waals surface area (Å²) in [4.78, 5) is 11.7. The van der Waals surface area contributed by atoms with Gasteiger partial charge in [0.15, 0.2) is 12.4 Å². The van der Waals surface area contributed by atoms with Crippen molar-refractivity contribution in [3.05, 3.63) is 0 Å². The number of carbonyl (C=O) groups is 1. The smallest absolute Gasteiger partial charge is 0.251 e. The summed E-state index contributed by atoms with van der Waals surface area (Å²) in [6.07, 6.45) is -16.2. The van der Waals surface area contributed by atoms with Crippen molar-refractivity contribution in [2.75, 3.05) is 26.3 Å². The van der Waals surface area contributed by atoms with Crippen LogP contribution < -0.4 is 11.1 Å². The van der Waals surface area contributed by atoms with Crippen molar-refractivity contribution < 1.29 is 55.1 Å². The van der Waals surface area contributed by atoms with Gasteiger partial charge >= 0.3 is 0 Å². The monoisotopic (exact) mass is 400 g/mol. The van der Waals surface area contributed by atoms with Crippen LogP contribution in [0, 0.1) is 0 Å². The zero-order chi connectivity index (χ0) is 20.7. The third-order valence-electron chi connectivity index (χ3n) is 4.08. The van der Waals surface area contributed by atoms with E-state index in [1.807, 2.05) is 0 Å². The van der Waals surface area contributed by atoms with Crippen molar-refractivity contribution >= 4 is 5.91 Å². The summed E-state index contributed by atoms with van der Waals surface area (Å²) in [5.41, 5.74) is 5.21. The van der Waals surface area contributed by atoms with Gasteiger partial charge in [0.05, 0.1) is 13.2 Å². The lowest BCUT2D eigenvalue weighted by Crippen LogP contribution is -2.62. The number of aliphatic hydroxyl groups excluding tert-OH is 8. The second kappa shape index (κ2) is 11.1. The van der Waals surface area contributed by atoms with Crippen molar-refractivity contribution in [1.82, 2.24) is 5.32 Å². The Kier molecular flexibility index (Phi) is 9.92. The molecule has 1 heterocycles. The number of hydrogen-bond acceptors (Lipinski definition) is 12. The SMILES string of the molecule is NCCNC(=O)[C@H](O)C(O)C(O[C@@H]1OC(CO)[C@H](O)C(O)C1O)C(O)CO. The molecule has 1 rings (SSSR count). The van der Waals surface area contributed by atoms with Gasteiger partial charge in [-0.15, -0.1) is 0 Å². The van der Waals surface area contributed by atoms with E-state index in [-0.39, 0.29) is 13.1 Å². The summed E-state index contributed by atoms with van der Waals surface area (Å²) in [6.45, 7) is -1.62. The molecule has 9 atom stereocenters. The zero-order valence-electron chi connectivity index (χ0n) is 14.4. The first-order chi connectivity index (χ1) is 12.7. The molecule has 0 aromatic carbocycles. The molecule has 0 bridgehead atoms. The zero-order valence-corrected chi connectivity index (χ0v) is 14.4. The number of nitrogens with one attached hydrogen (secondary N) is 1. The van der Waals surface area contributed by atoms with Crippen LogP contribution in [0.2, 0.25) is 0 Å². The molecule has 0 aromatic heterocycles. The molecular formula is C14H28N2O11. The summed E-state index contributed by atoms with van der Waals surface area (Å²) in [7, 11) is 0. The maximum absolute atomic E-state index is 11.7. The Morgan fingerprint density at radius 2 is 1.74 bits per heavy atom. The molecular weight excluding hydrogens is 372 g/mol. The number of amides is 1. The Bertz CT molecular complexity index is 455. The van der Waals surface area contributed by atoms with Crippen LogP contribution in [-0.2, 0) is 14.3 Å². The molecule has 13 heteroatoms. The van der Waals surface area contributed by atoms with E-state index < -0.39 is 74.2 Å². The number of rotatable bonds is 10. The molecule has 11 N–H and O–H groups in total. The van der Waals surface area contributed by atoms with E-state index >= 15 is 0 Å². The van der Waals surface area contributed by atoms with Crippen LogP contribution in [0.25, 0.3) is 0 Å². The molecule has 1 amide bonds. The van der Waals surface area contributed by atoms with Gasteiger partial charge in [-0.3, -0.25) is 4.79 Å². The number of nitrogens with two attached hydrogens (primary N) is 1. The average molecular weight is 400 g/mol. The van der Waals surface area contributed by atoms with Gasteiger partial charge in [-0.2, -0.15) is 0 Å². The van der Waals surface area contributed by atoms with Crippen molar-refractivity contribution in [3.8, 4) is 0 Å². The summed E-state index contributed by atoms with van der Waals surface area (Å²) in [5, 5.41) is 79.8. The molecule has 0 aliphatic carbocycles. The van der Waals surface area contributed by atoms with Crippen molar-refractivity contribution in [3.63, 3.8) is 0 Å². The van der Waals surface area contributed by atoms with E-state index in [0.29, 0.717) is 0 Å². The highest BCUT2D eigenvalue weighted by Gasteiger charge is 2.47. The van der Waals surface area contributed by atoms with Crippen molar-refractivity contribution in [2.45, 2.75) is 55.1 Å². The summed E-state index contributed by atoms with van der Waals surface area (Å²) >= 11 is 0. The average Bonchev–Trinajstić information content (AvgIpc) is 2.68. The fraction of sp³-hybridized carbons (Fsp3) is 0.929. The molecule has 6 unspecified atom stereocenters. The van der Waals surface area contributed by atoms with Crippen LogP contribution in [0.4, 0.5) is 0 Å². The summed E-state index contributed by atoms with van der Waals surface area (Å²) < 4.78 is 10.2. The highest BCUT2D eigenvalue weighted by atomic mass is 16.7. The van der Waals surface area contributed by atoms with Gasteiger partial charge in [-0.05, 0) is 0 Å². The quantitative estimate of drug-likeness (QED) is 0.165. The predicted octanol–water partition coefficient (Wildman–Crippen LogP) is -6.68. The Morgan fingerprint density at radius 3 is 2.26 bits per heavy atom. The molecule has 1 fully saturated rings. The Hall–Kier alpha value is -0.970. The van der Waals surface area contributed by atoms with Gasteiger partial charge in [0.1, 0.15) is 42.7 Å². The minimum atomic E-state index is -2.09. The van der Waals surface area contributed by atoms with Gasteiger partial charge < -0.3 is 61.4 Å².